The molecule has 2 heterocycles. The minimum Gasteiger partial charge on any atom is -0.351 e. The van der Waals surface area contributed by atoms with Crippen molar-refractivity contribution >= 4 is 21.8 Å². The largest absolute Gasteiger partial charge is 0.351 e. The summed E-state index contributed by atoms with van der Waals surface area (Å²) in [5, 5.41) is 7.25. The predicted octanol–water partition coefficient (Wildman–Crippen LogP) is 1.42. The number of halogens is 1. The summed E-state index contributed by atoms with van der Waals surface area (Å²) in [4.78, 5) is 14.4. The Labute approximate surface area is 116 Å². The maximum Gasteiger partial charge on any atom is 0.244 e. The first-order chi connectivity index (χ1) is 8.56. The molecule has 0 aliphatic carbocycles. The second-order valence-corrected chi connectivity index (χ2v) is 5.82. The van der Waals surface area contributed by atoms with E-state index in [0.29, 0.717) is 6.04 Å². The van der Waals surface area contributed by atoms with Gasteiger partial charge in [-0.1, -0.05) is 0 Å². The van der Waals surface area contributed by atoms with Crippen LogP contribution in [-0.4, -0.2) is 46.8 Å². The standard InChI is InChI=1S/C12H19BrN4O/c1-9(17-8-10(13)7-14-17)12(18)15-11-3-5-16(2)6-4-11/h7-9,11H,3-6H2,1-2H3,(H,15,18). The smallest absolute Gasteiger partial charge is 0.244 e. The minimum absolute atomic E-state index is 0.0418. The topological polar surface area (TPSA) is 50.2 Å². The van der Waals surface area contributed by atoms with Crippen molar-refractivity contribution in [3.05, 3.63) is 16.9 Å². The molecule has 1 N–H and O–H groups in total. The Bertz CT molecular complexity index is 412. The number of nitrogens with zero attached hydrogens (tertiary/aromatic N) is 3. The molecule has 1 aromatic heterocycles. The lowest BCUT2D eigenvalue weighted by Crippen LogP contribution is -2.45. The first-order valence-electron chi connectivity index (χ1n) is 6.25. The van der Waals surface area contributed by atoms with E-state index in [2.05, 4.69) is 38.3 Å². The fourth-order valence-electron chi connectivity index (χ4n) is 2.12. The highest BCUT2D eigenvalue weighted by Crippen LogP contribution is 2.13. The van der Waals surface area contributed by atoms with Gasteiger partial charge in [0.1, 0.15) is 6.04 Å². The lowest BCUT2D eigenvalue weighted by atomic mass is 10.1. The second kappa shape index (κ2) is 5.84. The summed E-state index contributed by atoms with van der Waals surface area (Å²) in [5.74, 6) is 0.0418. The van der Waals surface area contributed by atoms with E-state index in [1.54, 1.807) is 10.9 Å². The predicted molar refractivity (Wildman–Crippen MR) is 73.3 cm³/mol. The fourth-order valence-corrected chi connectivity index (χ4v) is 2.42. The van der Waals surface area contributed by atoms with Gasteiger partial charge in [-0.25, -0.2) is 0 Å². The maximum absolute atomic E-state index is 12.1. The Morgan fingerprint density at radius 1 is 1.56 bits per heavy atom. The number of rotatable bonds is 3. The molecule has 18 heavy (non-hydrogen) atoms. The monoisotopic (exact) mass is 314 g/mol. The van der Waals surface area contributed by atoms with Crippen molar-refractivity contribution < 1.29 is 4.79 Å². The molecule has 0 spiro atoms. The summed E-state index contributed by atoms with van der Waals surface area (Å²) in [6.07, 6.45) is 5.56. The molecule has 2 rings (SSSR count). The Kier molecular flexibility index (Phi) is 4.40. The molecule has 100 valence electrons. The zero-order valence-electron chi connectivity index (χ0n) is 10.8. The van der Waals surface area contributed by atoms with Gasteiger partial charge >= 0.3 is 0 Å². The van der Waals surface area contributed by atoms with Crippen LogP contribution in [0.2, 0.25) is 0 Å². The van der Waals surface area contributed by atoms with Crippen molar-refractivity contribution in [2.75, 3.05) is 20.1 Å². The normalized spacial score (nSPS) is 19.7. The molecule has 0 radical (unpaired) electrons. The van der Waals surface area contributed by atoms with Crippen LogP contribution in [0.4, 0.5) is 0 Å². The third kappa shape index (κ3) is 3.32. The van der Waals surface area contributed by atoms with Gasteiger partial charge in [0, 0.05) is 12.2 Å². The number of hydrogen-bond donors (Lipinski definition) is 1. The van der Waals surface area contributed by atoms with E-state index in [9.17, 15) is 4.79 Å². The van der Waals surface area contributed by atoms with E-state index in [1.165, 1.54) is 0 Å². The van der Waals surface area contributed by atoms with Crippen molar-refractivity contribution in [3.8, 4) is 0 Å². The minimum atomic E-state index is -0.268. The van der Waals surface area contributed by atoms with Gasteiger partial charge in [-0.05, 0) is 55.8 Å². The summed E-state index contributed by atoms with van der Waals surface area (Å²) in [7, 11) is 2.11. The zero-order valence-corrected chi connectivity index (χ0v) is 12.4. The van der Waals surface area contributed by atoms with E-state index < -0.39 is 0 Å². The molecule has 6 heteroatoms. The summed E-state index contributed by atoms with van der Waals surface area (Å²) in [6, 6.07) is 0.0334. The Morgan fingerprint density at radius 2 is 2.22 bits per heavy atom. The summed E-state index contributed by atoms with van der Waals surface area (Å²) >= 11 is 3.33. The van der Waals surface area contributed by atoms with Crippen molar-refractivity contribution in [3.63, 3.8) is 0 Å². The number of amides is 1. The number of piperidine rings is 1. The van der Waals surface area contributed by atoms with Gasteiger partial charge in [-0.15, -0.1) is 0 Å². The SMILES string of the molecule is CC(C(=O)NC1CCN(C)CC1)n1cc(Br)cn1. The molecule has 5 nitrogen and oxygen atoms in total. The van der Waals surface area contributed by atoms with Crippen LogP contribution in [0.25, 0.3) is 0 Å². The molecule has 1 atom stereocenters. The quantitative estimate of drug-likeness (QED) is 0.918. The van der Waals surface area contributed by atoms with Gasteiger partial charge in [-0.3, -0.25) is 9.48 Å². The van der Waals surface area contributed by atoms with E-state index >= 15 is 0 Å². The number of aromatic nitrogens is 2. The molecule has 1 aliphatic heterocycles. The van der Waals surface area contributed by atoms with Crippen molar-refractivity contribution in [2.24, 2.45) is 0 Å². The highest BCUT2D eigenvalue weighted by Gasteiger charge is 2.22. The maximum atomic E-state index is 12.1. The van der Waals surface area contributed by atoms with Crippen molar-refractivity contribution in [2.45, 2.75) is 31.8 Å². The average Bonchev–Trinajstić information content (AvgIpc) is 2.78. The van der Waals surface area contributed by atoms with Crippen LogP contribution in [0.3, 0.4) is 0 Å². The molecule has 0 saturated carbocycles. The Balaban J connectivity index is 1.88. The van der Waals surface area contributed by atoms with Crippen LogP contribution in [0.5, 0.6) is 0 Å². The molecular formula is C12H19BrN4O. The van der Waals surface area contributed by atoms with Crippen LogP contribution in [0.15, 0.2) is 16.9 Å². The third-order valence-electron chi connectivity index (χ3n) is 3.41. The van der Waals surface area contributed by atoms with Crippen LogP contribution in [0.1, 0.15) is 25.8 Å². The van der Waals surface area contributed by atoms with E-state index in [0.717, 1.165) is 30.4 Å². The van der Waals surface area contributed by atoms with Crippen LogP contribution in [0, 0.1) is 0 Å². The lowest BCUT2D eigenvalue weighted by molar-refractivity contribution is -0.125. The molecule has 1 unspecified atom stereocenters. The number of likely N-dealkylation sites (tertiary alicyclic amines) is 1. The third-order valence-corrected chi connectivity index (χ3v) is 3.82. The number of carbonyl (C=O) groups is 1. The lowest BCUT2D eigenvalue weighted by Gasteiger charge is -2.30. The second-order valence-electron chi connectivity index (χ2n) is 4.90. The van der Waals surface area contributed by atoms with Crippen LogP contribution < -0.4 is 5.32 Å². The summed E-state index contributed by atoms with van der Waals surface area (Å²) in [6.45, 7) is 3.96. The number of hydrogen-bond acceptors (Lipinski definition) is 3. The van der Waals surface area contributed by atoms with Crippen molar-refractivity contribution in [1.29, 1.82) is 0 Å². The van der Waals surface area contributed by atoms with Gasteiger partial charge in [0.15, 0.2) is 0 Å². The average molecular weight is 315 g/mol. The molecule has 1 saturated heterocycles. The highest BCUT2D eigenvalue weighted by molar-refractivity contribution is 9.10. The molecule has 0 bridgehead atoms. The molecule has 1 aliphatic rings. The zero-order chi connectivity index (χ0) is 13.1. The van der Waals surface area contributed by atoms with Crippen LogP contribution >= 0.6 is 15.9 Å². The van der Waals surface area contributed by atoms with E-state index in [-0.39, 0.29) is 11.9 Å². The first-order valence-corrected chi connectivity index (χ1v) is 7.04. The summed E-state index contributed by atoms with van der Waals surface area (Å²) < 4.78 is 2.57. The highest BCUT2D eigenvalue weighted by atomic mass is 79.9. The van der Waals surface area contributed by atoms with Gasteiger partial charge in [0.05, 0.1) is 10.7 Å². The Morgan fingerprint density at radius 3 is 2.78 bits per heavy atom. The van der Waals surface area contributed by atoms with E-state index in [1.807, 2.05) is 13.1 Å². The number of nitrogens with one attached hydrogen (secondary N) is 1. The first kappa shape index (κ1) is 13.5. The molecule has 0 aromatic carbocycles. The van der Waals surface area contributed by atoms with E-state index in [4.69, 9.17) is 0 Å². The van der Waals surface area contributed by atoms with Gasteiger partial charge < -0.3 is 10.2 Å². The molecule has 1 aromatic rings. The van der Waals surface area contributed by atoms with Gasteiger partial charge in [-0.2, -0.15) is 5.10 Å². The number of carbonyl (C=O) groups excluding carboxylic acids is 1. The molecular weight excluding hydrogens is 296 g/mol. The van der Waals surface area contributed by atoms with Gasteiger partial charge in [0.25, 0.3) is 0 Å². The van der Waals surface area contributed by atoms with Gasteiger partial charge in [0.2, 0.25) is 5.91 Å². The Hall–Kier alpha value is -0.880. The van der Waals surface area contributed by atoms with Crippen molar-refractivity contribution in [1.82, 2.24) is 20.0 Å². The van der Waals surface area contributed by atoms with Crippen LogP contribution in [-0.2, 0) is 4.79 Å². The molecule has 1 fully saturated rings. The summed E-state index contributed by atoms with van der Waals surface area (Å²) in [5.41, 5.74) is 0. The fraction of sp³-hybridized carbons (Fsp3) is 0.667. The molecule has 1 amide bonds.